The molecule has 1 aliphatic heterocycles. The maximum Gasteiger partial charge on any atom is 0.318 e. The Kier molecular flexibility index (Phi) is 4.38. The number of amides is 2. The molecule has 0 bridgehead atoms. The molecule has 0 unspecified atom stereocenters. The van der Waals surface area contributed by atoms with E-state index in [9.17, 15) is 4.79 Å². The first kappa shape index (κ1) is 15.0. The van der Waals surface area contributed by atoms with Crippen LogP contribution in [0.3, 0.4) is 0 Å². The number of benzene rings is 1. The normalized spacial score (nSPS) is 21.5. The highest BCUT2D eigenvalue weighted by molar-refractivity contribution is 5.75. The molecule has 1 aromatic rings. The van der Waals surface area contributed by atoms with Gasteiger partial charge in [0, 0.05) is 26.2 Å². The van der Waals surface area contributed by atoms with E-state index in [-0.39, 0.29) is 12.8 Å². The van der Waals surface area contributed by atoms with E-state index in [0.717, 1.165) is 23.5 Å². The quantitative estimate of drug-likeness (QED) is 0.873. The van der Waals surface area contributed by atoms with Crippen molar-refractivity contribution < 1.29 is 19.0 Å². The van der Waals surface area contributed by atoms with Crippen molar-refractivity contribution in [1.29, 1.82) is 0 Å². The third-order valence-electron chi connectivity index (χ3n) is 4.08. The summed E-state index contributed by atoms with van der Waals surface area (Å²) < 4.78 is 15.8. The van der Waals surface area contributed by atoms with Gasteiger partial charge in [-0.05, 0) is 30.0 Å². The van der Waals surface area contributed by atoms with Crippen LogP contribution in [0.1, 0.15) is 18.9 Å². The zero-order chi connectivity index (χ0) is 15.5. The molecule has 1 aliphatic carbocycles. The number of carbonyl (C=O) groups is 1. The first-order valence-corrected chi connectivity index (χ1v) is 7.60. The molecular weight excluding hydrogens is 284 g/mol. The van der Waals surface area contributed by atoms with Crippen LogP contribution in [0.2, 0.25) is 0 Å². The molecule has 0 spiro atoms. The fourth-order valence-corrected chi connectivity index (χ4v) is 2.49. The average molecular weight is 306 g/mol. The zero-order valence-corrected chi connectivity index (χ0v) is 13.0. The van der Waals surface area contributed by atoms with E-state index in [1.165, 1.54) is 0 Å². The predicted octanol–water partition coefficient (Wildman–Crippen LogP) is 1.98. The number of nitrogens with zero attached hydrogens (tertiary/aromatic N) is 1. The van der Waals surface area contributed by atoms with Crippen molar-refractivity contribution >= 4 is 6.03 Å². The summed E-state index contributed by atoms with van der Waals surface area (Å²) in [4.78, 5) is 14.2. The van der Waals surface area contributed by atoms with Crippen LogP contribution >= 0.6 is 0 Å². The van der Waals surface area contributed by atoms with Gasteiger partial charge in [-0.3, -0.25) is 0 Å². The number of nitrogens with one attached hydrogen (secondary N) is 1. The van der Waals surface area contributed by atoms with E-state index in [4.69, 9.17) is 14.2 Å². The van der Waals surface area contributed by atoms with Crippen LogP contribution in [-0.2, 0) is 11.3 Å². The minimum Gasteiger partial charge on any atom is -0.454 e. The Morgan fingerprint density at radius 2 is 2.18 bits per heavy atom. The predicted molar refractivity (Wildman–Crippen MR) is 81.0 cm³/mol. The number of urea groups is 1. The van der Waals surface area contributed by atoms with Gasteiger partial charge in [0.1, 0.15) is 0 Å². The molecule has 1 N–H and O–H groups in total. The molecule has 6 nitrogen and oxygen atoms in total. The molecule has 120 valence electrons. The van der Waals surface area contributed by atoms with E-state index in [0.29, 0.717) is 31.7 Å². The summed E-state index contributed by atoms with van der Waals surface area (Å²) in [5.41, 5.74) is 1.01. The van der Waals surface area contributed by atoms with Crippen LogP contribution in [0, 0.1) is 5.92 Å². The van der Waals surface area contributed by atoms with Crippen molar-refractivity contribution in [2.24, 2.45) is 5.92 Å². The van der Waals surface area contributed by atoms with Crippen molar-refractivity contribution in [3.8, 4) is 11.5 Å². The summed E-state index contributed by atoms with van der Waals surface area (Å²) >= 11 is 0. The van der Waals surface area contributed by atoms with Crippen molar-refractivity contribution in [3.05, 3.63) is 23.8 Å². The third kappa shape index (κ3) is 3.44. The molecule has 1 saturated carbocycles. The molecule has 2 atom stereocenters. The minimum atomic E-state index is -0.0379. The van der Waals surface area contributed by atoms with Crippen LogP contribution in [0.25, 0.3) is 0 Å². The number of fused-ring (bicyclic) bond motifs is 1. The first-order valence-electron chi connectivity index (χ1n) is 7.60. The summed E-state index contributed by atoms with van der Waals surface area (Å²) in [7, 11) is 1.64. The Morgan fingerprint density at radius 3 is 2.91 bits per heavy atom. The Balaban J connectivity index is 1.64. The SMILES string of the molecule is COCCN(Cc1ccc2c(c1)OCO2)C(=O)N[C@@H]1C[C@H]1C. The molecule has 22 heavy (non-hydrogen) atoms. The lowest BCUT2D eigenvalue weighted by atomic mass is 10.2. The molecule has 3 rings (SSSR count). The Labute approximate surface area is 130 Å². The Hall–Kier alpha value is -1.95. The number of carbonyl (C=O) groups excluding carboxylic acids is 1. The molecule has 0 aromatic heterocycles. The van der Waals surface area contributed by atoms with Gasteiger partial charge in [-0.15, -0.1) is 0 Å². The molecule has 0 saturated heterocycles. The van der Waals surface area contributed by atoms with Gasteiger partial charge < -0.3 is 24.4 Å². The van der Waals surface area contributed by atoms with Gasteiger partial charge in [-0.25, -0.2) is 4.79 Å². The lowest BCUT2D eigenvalue weighted by molar-refractivity contribution is 0.146. The monoisotopic (exact) mass is 306 g/mol. The van der Waals surface area contributed by atoms with Crippen LogP contribution in [0.4, 0.5) is 4.79 Å². The second-order valence-electron chi connectivity index (χ2n) is 5.87. The minimum absolute atomic E-state index is 0.0379. The van der Waals surface area contributed by atoms with Gasteiger partial charge >= 0.3 is 6.03 Å². The largest absolute Gasteiger partial charge is 0.454 e. The molecule has 1 fully saturated rings. The summed E-state index contributed by atoms with van der Waals surface area (Å²) in [6, 6.07) is 6.04. The number of hydrogen-bond donors (Lipinski definition) is 1. The van der Waals surface area contributed by atoms with Crippen molar-refractivity contribution in [3.63, 3.8) is 0 Å². The van der Waals surface area contributed by atoms with Crippen molar-refractivity contribution in [1.82, 2.24) is 10.2 Å². The van der Waals surface area contributed by atoms with Crippen LogP contribution in [0.15, 0.2) is 18.2 Å². The number of ether oxygens (including phenoxy) is 3. The molecule has 2 amide bonds. The summed E-state index contributed by atoms with van der Waals surface area (Å²) in [5, 5.41) is 3.06. The van der Waals surface area contributed by atoms with Crippen LogP contribution < -0.4 is 14.8 Å². The molecule has 6 heteroatoms. The van der Waals surface area contributed by atoms with E-state index in [1.54, 1.807) is 12.0 Å². The fourth-order valence-electron chi connectivity index (χ4n) is 2.49. The zero-order valence-electron chi connectivity index (χ0n) is 13.0. The van der Waals surface area contributed by atoms with Crippen molar-refractivity contribution in [2.45, 2.75) is 25.9 Å². The van der Waals surface area contributed by atoms with Crippen LogP contribution in [0.5, 0.6) is 11.5 Å². The number of methoxy groups -OCH3 is 1. The van der Waals surface area contributed by atoms with Gasteiger partial charge in [0.25, 0.3) is 0 Å². The Bertz CT molecular complexity index is 549. The lowest BCUT2D eigenvalue weighted by Crippen LogP contribution is -2.42. The summed E-state index contributed by atoms with van der Waals surface area (Å²) in [6.45, 7) is 3.98. The number of rotatable bonds is 6. The fraction of sp³-hybridized carbons (Fsp3) is 0.562. The second kappa shape index (κ2) is 6.44. The summed E-state index contributed by atoms with van der Waals surface area (Å²) in [5.74, 6) is 2.07. The van der Waals surface area contributed by atoms with Gasteiger partial charge in [0.15, 0.2) is 11.5 Å². The highest BCUT2D eigenvalue weighted by Gasteiger charge is 2.35. The van der Waals surface area contributed by atoms with Crippen molar-refractivity contribution in [2.75, 3.05) is 27.1 Å². The van der Waals surface area contributed by atoms with Gasteiger partial charge in [0.2, 0.25) is 6.79 Å². The standard InChI is InChI=1S/C16H22N2O4/c1-11-7-13(11)17-16(19)18(5-6-20-2)9-12-3-4-14-15(8-12)22-10-21-14/h3-4,8,11,13H,5-7,9-10H2,1-2H3,(H,17,19)/t11-,13-/m1/s1. The average Bonchev–Trinajstić information content (AvgIpc) is 3.01. The highest BCUT2D eigenvalue weighted by atomic mass is 16.7. The first-order chi connectivity index (χ1) is 10.7. The molecular formula is C16H22N2O4. The van der Waals surface area contributed by atoms with E-state index in [1.807, 2.05) is 18.2 Å². The van der Waals surface area contributed by atoms with E-state index >= 15 is 0 Å². The maximum atomic E-state index is 12.4. The van der Waals surface area contributed by atoms with Gasteiger partial charge in [-0.2, -0.15) is 0 Å². The molecule has 1 aromatic carbocycles. The highest BCUT2D eigenvalue weighted by Crippen LogP contribution is 2.33. The summed E-state index contributed by atoms with van der Waals surface area (Å²) in [6.07, 6.45) is 1.06. The van der Waals surface area contributed by atoms with E-state index in [2.05, 4.69) is 12.2 Å². The molecule has 0 radical (unpaired) electrons. The molecule has 1 heterocycles. The lowest BCUT2D eigenvalue weighted by Gasteiger charge is -2.23. The molecule has 2 aliphatic rings. The number of hydrogen-bond acceptors (Lipinski definition) is 4. The van der Waals surface area contributed by atoms with Gasteiger partial charge in [-0.1, -0.05) is 13.0 Å². The second-order valence-corrected chi connectivity index (χ2v) is 5.87. The van der Waals surface area contributed by atoms with Crippen LogP contribution in [-0.4, -0.2) is 44.0 Å². The Morgan fingerprint density at radius 1 is 1.41 bits per heavy atom. The van der Waals surface area contributed by atoms with Gasteiger partial charge in [0.05, 0.1) is 6.61 Å². The smallest absolute Gasteiger partial charge is 0.318 e. The maximum absolute atomic E-state index is 12.4. The third-order valence-corrected chi connectivity index (χ3v) is 4.08. The topological polar surface area (TPSA) is 60.0 Å². The van der Waals surface area contributed by atoms with E-state index < -0.39 is 0 Å².